The fraction of sp³-hybridized carbons (Fsp3) is 0.833. The number of hydrogen-bond donors (Lipinski definition) is 3. The first kappa shape index (κ1) is 27.2. The first-order chi connectivity index (χ1) is 13.6. The summed E-state index contributed by atoms with van der Waals surface area (Å²) in [5.74, 6) is 0.664. The Bertz CT molecular complexity index is 367. The monoisotopic (exact) mass is 398 g/mol. The van der Waals surface area contributed by atoms with Crippen LogP contribution < -0.4 is 0 Å². The van der Waals surface area contributed by atoms with Gasteiger partial charge >= 0.3 is 0 Å². The summed E-state index contributed by atoms with van der Waals surface area (Å²) in [6.45, 7) is 5.33. The quantitative estimate of drug-likeness (QED) is 0.135. The molecule has 0 radical (unpaired) electrons. The minimum atomic E-state index is -0.981. The summed E-state index contributed by atoms with van der Waals surface area (Å²) < 4.78 is 5.52. The van der Waals surface area contributed by atoms with Gasteiger partial charge in [0.1, 0.15) is 0 Å². The fourth-order valence-corrected chi connectivity index (χ4v) is 3.01. The second kappa shape index (κ2) is 19.5. The standard InChI is InChI=1S/C24H46O4/c1-3-4-5-6-7-8-9-10-11-12-13-14-15-16-17-18-23(2)28-22-24(19-25,20-26)21-27/h10-11,25-27H,2-9,12-22H2,1H3/b11-10-. The van der Waals surface area contributed by atoms with Gasteiger partial charge in [-0.05, 0) is 32.1 Å². The van der Waals surface area contributed by atoms with Crippen LogP contribution in [-0.4, -0.2) is 41.7 Å². The molecule has 4 heteroatoms. The predicted molar refractivity (Wildman–Crippen MR) is 118 cm³/mol. The molecule has 28 heavy (non-hydrogen) atoms. The summed E-state index contributed by atoms with van der Waals surface area (Å²) in [6.07, 6.45) is 22.1. The number of unbranched alkanes of at least 4 members (excludes halogenated alkanes) is 11. The number of aliphatic hydroxyl groups excluding tert-OH is 3. The van der Waals surface area contributed by atoms with E-state index in [9.17, 15) is 15.3 Å². The van der Waals surface area contributed by atoms with E-state index in [-0.39, 0.29) is 26.4 Å². The Morgan fingerprint density at radius 2 is 1.21 bits per heavy atom. The molecule has 0 aromatic heterocycles. The Morgan fingerprint density at radius 1 is 0.750 bits per heavy atom. The molecular formula is C24H46O4. The van der Waals surface area contributed by atoms with Crippen molar-refractivity contribution >= 4 is 0 Å². The Labute approximate surface area is 173 Å². The third kappa shape index (κ3) is 15.1. The summed E-state index contributed by atoms with van der Waals surface area (Å²) in [5, 5.41) is 27.8. The molecule has 0 aromatic rings. The summed E-state index contributed by atoms with van der Waals surface area (Å²) >= 11 is 0. The molecule has 0 unspecified atom stereocenters. The summed E-state index contributed by atoms with van der Waals surface area (Å²) in [6, 6.07) is 0. The van der Waals surface area contributed by atoms with Gasteiger partial charge in [0.25, 0.3) is 0 Å². The number of ether oxygens (including phenoxy) is 1. The van der Waals surface area contributed by atoms with E-state index in [0.29, 0.717) is 5.76 Å². The number of allylic oxidation sites excluding steroid dienone is 3. The topological polar surface area (TPSA) is 69.9 Å². The molecule has 0 amide bonds. The lowest BCUT2D eigenvalue weighted by Gasteiger charge is -2.27. The molecule has 3 N–H and O–H groups in total. The lowest BCUT2D eigenvalue weighted by Crippen LogP contribution is -2.38. The van der Waals surface area contributed by atoms with Gasteiger partial charge in [0.2, 0.25) is 0 Å². The molecule has 0 saturated carbocycles. The Balaban J connectivity index is 3.45. The lowest BCUT2D eigenvalue weighted by molar-refractivity contribution is -0.0431. The Morgan fingerprint density at radius 3 is 1.71 bits per heavy atom. The molecule has 0 heterocycles. The molecule has 0 aliphatic rings. The second-order valence-electron chi connectivity index (χ2n) is 8.14. The van der Waals surface area contributed by atoms with Crippen LogP contribution in [0.1, 0.15) is 96.8 Å². The lowest BCUT2D eigenvalue weighted by atomic mass is 9.92. The molecule has 0 saturated heterocycles. The highest BCUT2D eigenvalue weighted by Gasteiger charge is 2.29. The van der Waals surface area contributed by atoms with Crippen molar-refractivity contribution in [2.45, 2.75) is 96.8 Å². The van der Waals surface area contributed by atoms with Crippen molar-refractivity contribution in [3.05, 3.63) is 24.5 Å². The highest BCUT2D eigenvalue weighted by Crippen LogP contribution is 2.19. The van der Waals surface area contributed by atoms with Crippen molar-refractivity contribution in [3.63, 3.8) is 0 Å². The van der Waals surface area contributed by atoms with Gasteiger partial charge in [0.05, 0.1) is 37.6 Å². The normalized spacial score (nSPS) is 12.0. The van der Waals surface area contributed by atoms with Crippen LogP contribution in [0.2, 0.25) is 0 Å². The summed E-state index contributed by atoms with van der Waals surface area (Å²) in [4.78, 5) is 0. The zero-order valence-corrected chi connectivity index (χ0v) is 18.3. The van der Waals surface area contributed by atoms with Crippen molar-refractivity contribution in [1.82, 2.24) is 0 Å². The van der Waals surface area contributed by atoms with Crippen LogP contribution in [0.25, 0.3) is 0 Å². The van der Waals surface area contributed by atoms with Crippen molar-refractivity contribution in [2.24, 2.45) is 5.41 Å². The van der Waals surface area contributed by atoms with E-state index >= 15 is 0 Å². The van der Waals surface area contributed by atoms with E-state index in [0.717, 1.165) is 19.3 Å². The van der Waals surface area contributed by atoms with Crippen molar-refractivity contribution < 1.29 is 20.1 Å². The Kier molecular flexibility index (Phi) is 18.9. The maximum atomic E-state index is 9.27. The maximum absolute atomic E-state index is 9.27. The molecule has 0 spiro atoms. The van der Waals surface area contributed by atoms with Crippen LogP contribution in [-0.2, 0) is 4.74 Å². The van der Waals surface area contributed by atoms with Crippen LogP contribution in [0.4, 0.5) is 0 Å². The van der Waals surface area contributed by atoms with Gasteiger partial charge in [0.15, 0.2) is 0 Å². The molecule has 0 bridgehead atoms. The molecule has 4 nitrogen and oxygen atoms in total. The summed E-state index contributed by atoms with van der Waals surface area (Å²) in [5.41, 5.74) is -0.981. The minimum Gasteiger partial charge on any atom is -0.498 e. The average molecular weight is 399 g/mol. The summed E-state index contributed by atoms with van der Waals surface area (Å²) in [7, 11) is 0. The SMILES string of the molecule is C=C(CCCCCCC/C=C\CCCCCCCC)OCC(CO)(CO)CO. The maximum Gasteiger partial charge on any atom is 0.0999 e. The predicted octanol–water partition coefficient (Wildman–Crippen LogP) is 5.52. The van der Waals surface area contributed by atoms with Crippen LogP contribution >= 0.6 is 0 Å². The number of hydrogen-bond acceptors (Lipinski definition) is 4. The molecule has 0 rings (SSSR count). The van der Waals surface area contributed by atoms with E-state index in [1.807, 2.05) is 0 Å². The van der Waals surface area contributed by atoms with Gasteiger partial charge in [-0.15, -0.1) is 0 Å². The molecular weight excluding hydrogens is 352 g/mol. The molecule has 0 aromatic carbocycles. The molecule has 166 valence electrons. The smallest absolute Gasteiger partial charge is 0.0999 e. The first-order valence-corrected chi connectivity index (χ1v) is 11.4. The van der Waals surface area contributed by atoms with Crippen LogP contribution in [0, 0.1) is 5.41 Å². The molecule has 0 aliphatic heterocycles. The van der Waals surface area contributed by atoms with Crippen LogP contribution in [0.3, 0.4) is 0 Å². The van der Waals surface area contributed by atoms with Gasteiger partial charge in [-0.3, -0.25) is 0 Å². The van der Waals surface area contributed by atoms with E-state index in [2.05, 4.69) is 25.7 Å². The average Bonchev–Trinajstić information content (AvgIpc) is 2.72. The third-order valence-corrected chi connectivity index (χ3v) is 5.31. The third-order valence-electron chi connectivity index (χ3n) is 5.31. The second-order valence-corrected chi connectivity index (χ2v) is 8.14. The van der Waals surface area contributed by atoms with E-state index < -0.39 is 5.41 Å². The van der Waals surface area contributed by atoms with Gasteiger partial charge in [-0.1, -0.05) is 77.0 Å². The molecule has 0 fully saturated rings. The van der Waals surface area contributed by atoms with E-state index in [4.69, 9.17) is 4.74 Å². The minimum absolute atomic E-state index is 0.0976. The molecule has 0 atom stereocenters. The van der Waals surface area contributed by atoms with Gasteiger partial charge < -0.3 is 20.1 Å². The van der Waals surface area contributed by atoms with E-state index in [1.54, 1.807) is 0 Å². The highest BCUT2D eigenvalue weighted by atomic mass is 16.5. The first-order valence-electron chi connectivity index (χ1n) is 11.4. The zero-order chi connectivity index (χ0) is 20.9. The van der Waals surface area contributed by atoms with Crippen molar-refractivity contribution in [1.29, 1.82) is 0 Å². The largest absolute Gasteiger partial charge is 0.498 e. The highest BCUT2D eigenvalue weighted by molar-refractivity contribution is 4.86. The molecule has 0 aliphatic carbocycles. The van der Waals surface area contributed by atoms with Crippen molar-refractivity contribution in [2.75, 3.05) is 26.4 Å². The number of aliphatic hydroxyl groups is 3. The van der Waals surface area contributed by atoms with Crippen LogP contribution in [0.15, 0.2) is 24.5 Å². The number of rotatable bonds is 21. The van der Waals surface area contributed by atoms with E-state index in [1.165, 1.54) is 70.6 Å². The zero-order valence-electron chi connectivity index (χ0n) is 18.3. The van der Waals surface area contributed by atoms with Crippen molar-refractivity contribution in [3.8, 4) is 0 Å². The Hall–Kier alpha value is -0.840. The van der Waals surface area contributed by atoms with Gasteiger partial charge in [-0.2, -0.15) is 0 Å². The van der Waals surface area contributed by atoms with Crippen LogP contribution in [0.5, 0.6) is 0 Å². The van der Waals surface area contributed by atoms with Gasteiger partial charge in [0, 0.05) is 6.42 Å². The fourth-order valence-electron chi connectivity index (χ4n) is 3.01. The van der Waals surface area contributed by atoms with Gasteiger partial charge in [-0.25, -0.2) is 0 Å².